The molecule has 0 saturated heterocycles. The van der Waals surface area contributed by atoms with E-state index in [9.17, 15) is 19.5 Å². The smallest absolute Gasteiger partial charge is 0.337 e. The first kappa shape index (κ1) is 20.3. The molecule has 1 aliphatic heterocycles. The van der Waals surface area contributed by atoms with Crippen LogP contribution in [0, 0.1) is 5.41 Å². The van der Waals surface area contributed by atoms with Gasteiger partial charge in [0.1, 0.15) is 0 Å². The summed E-state index contributed by atoms with van der Waals surface area (Å²) in [6, 6.07) is 8.15. The van der Waals surface area contributed by atoms with Crippen molar-refractivity contribution >= 4 is 34.9 Å². The van der Waals surface area contributed by atoms with Gasteiger partial charge in [-0.1, -0.05) is 31.5 Å². The van der Waals surface area contributed by atoms with Crippen LogP contribution in [0.25, 0.3) is 0 Å². The predicted molar refractivity (Wildman–Crippen MR) is 113 cm³/mol. The van der Waals surface area contributed by atoms with Crippen molar-refractivity contribution in [1.29, 1.82) is 0 Å². The number of allylic oxidation sites excluding steroid dienone is 2. The first-order valence-electron chi connectivity index (χ1n) is 9.70. The molecule has 1 aromatic heterocycles. The summed E-state index contributed by atoms with van der Waals surface area (Å²) >= 11 is 6.02. The van der Waals surface area contributed by atoms with Gasteiger partial charge in [0.2, 0.25) is 5.91 Å². The number of halogens is 1. The zero-order valence-corrected chi connectivity index (χ0v) is 17.4. The summed E-state index contributed by atoms with van der Waals surface area (Å²) in [5, 5.41) is 9.54. The minimum Gasteiger partial charge on any atom is -0.478 e. The van der Waals surface area contributed by atoms with Crippen molar-refractivity contribution in [3.05, 3.63) is 70.1 Å². The second-order valence-electron chi connectivity index (χ2n) is 8.54. The second kappa shape index (κ2) is 7.36. The zero-order chi connectivity index (χ0) is 21.6. The molecule has 0 bridgehead atoms. The number of carboxylic acids is 1. The van der Waals surface area contributed by atoms with Crippen molar-refractivity contribution in [3.8, 4) is 0 Å². The number of ketones is 1. The molecule has 0 spiro atoms. The highest BCUT2D eigenvalue weighted by molar-refractivity contribution is 6.33. The molecule has 30 heavy (non-hydrogen) atoms. The molecule has 0 radical (unpaired) electrons. The van der Waals surface area contributed by atoms with Crippen LogP contribution in [-0.2, 0) is 9.59 Å². The Balaban J connectivity index is 1.91. The van der Waals surface area contributed by atoms with Gasteiger partial charge >= 0.3 is 5.97 Å². The molecule has 154 valence electrons. The monoisotopic (exact) mass is 424 g/mol. The third kappa shape index (κ3) is 3.52. The number of pyridine rings is 1. The van der Waals surface area contributed by atoms with Gasteiger partial charge < -0.3 is 5.11 Å². The number of hydrogen-bond donors (Lipinski definition) is 1. The summed E-state index contributed by atoms with van der Waals surface area (Å²) in [4.78, 5) is 43.7. The average molecular weight is 425 g/mol. The molecule has 1 aromatic carbocycles. The standard InChI is InChI=1S/C23H21ClN2O4/c1-23(2)10-18-21(19(27)11-23)15(13-4-3-7-25-12-13)9-20(28)26(18)14-5-6-17(24)16(8-14)22(29)30/h3-8,12,15H,9-11H2,1-2H3,(H,29,30). The number of carbonyl (C=O) groups is 3. The topological polar surface area (TPSA) is 87.6 Å². The van der Waals surface area contributed by atoms with Crippen molar-refractivity contribution < 1.29 is 19.5 Å². The molecule has 6 nitrogen and oxygen atoms in total. The molecule has 2 heterocycles. The quantitative estimate of drug-likeness (QED) is 0.778. The molecular weight excluding hydrogens is 404 g/mol. The van der Waals surface area contributed by atoms with Crippen LogP contribution in [0.2, 0.25) is 5.02 Å². The summed E-state index contributed by atoms with van der Waals surface area (Å²) in [5.74, 6) is -1.70. The predicted octanol–water partition coefficient (Wildman–Crippen LogP) is 4.60. The molecule has 4 rings (SSSR count). The maximum Gasteiger partial charge on any atom is 0.337 e. The highest BCUT2D eigenvalue weighted by Crippen LogP contribution is 2.48. The van der Waals surface area contributed by atoms with E-state index in [-0.39, 0.29) is 40.0 Å². The molecule has 1 unspecified atom stereocenters. The molecule has 0 fully saturated rings. The van der Waals surface area contributed by atoms with Crippen molar-refractivity contribution in [2.75, 3.05) is 4.90 Å². The van der Waals surface area contributed by atoms with Gasteiger partial charge in [-0.15, -0.1) is 0 Å². The normalized spacial score (nSPS) is 20.9. The number of anilines is 1. The second-order valence-corrected chi connectivity index (χ2v) is 8.95. The van der Waals surface area contributed by atoms with E-state index in [0.717, 1.165) is 5.56 Å². The van der Waals surface area contributed by atoms with Crippen LogP contribution in [-0.4, -0.2) is 27.8 Å². The highest BCUT2D eigenvalue weighted by atomic mass is 35.5. The molecule has 1 amide bonds. The van der Waals surface area contributed by atoms with Crippen LogP contribution >= 0.6 is 11.6 Å². The Labute approximate surface area is 179 Å². The third-order valence-corrected chi connectivity index (χ3v) is 6.00. The number of amides is 1. The van der Waals surface area contributed by atoms with E-state index in [0.29, 0.717) is 29.8 Å². The van der Waals surface area contributed by atoms with Crippen molar-refractivity contribution in [2.24, 2.45) is 5.41 Å². The Morgan fingerprint density at radius 3 is 2.67 bits per heavy atom. The number of rotatable bonds is 3. The minimum absolute atomic E-state index is 0.0139. The highest BCUT2D eigenvalue weighted by Gasteiger charge is 2.44. The summed E-state index contributed by atoms with van der Waals surface area (Å²) in [5.41, 5.74) is 2.10. The first-order valence-corrected chi connectivity index (χ1v) is 10.1. The van der Waals surface area contributed by atoms with E-state index in [1.165, 1.54) is 17.0 Å². The van der Waals surface area contributed by atoms with Crippen LogP contribution in [0.3, 0.4) is 0 Å². The molecule has 2 aromatic rings. The lowest BCUT2D eigenvalue weighted by atomic mass is 9.69. The summed E-state index contributed by atoms with van der Waals surface area (Å²) in [6.07, 6.45) is 4.38. The molecule has 2 aliphatic rings. The van der Waals surface area contributed by atoms with Crippen LogP contribution < -0.4 is 4.90 Å². The number of nitrogens with zero attached hydrogens (tertiary/aromatic N) is 2. The molecule has 1 atom stereocenters. The fourth-order valence-corrected chi connectivity index (χ4v) is 4.60. The van der Waals surface area contributed by atoms with E-state index in [1.807, 2.05) is 19.9 Å². The third-order valence-electron chi connectivity index (χ3n) is 5.67. The molecule has 1 aliphatic carbocycles. The van der Waals surface area contributed by atoms with E-state index >= 15 is 0 Å². The van der Waals surface area contributed by atoms with Gasteiger partial charge in [-0.25, -0.2) is 4.79 Å². The maximum absolute atomic E-state index is 13.3. The number of carboxylic acid groups (broad SMARTS) is 1. The lowest BCUT2D eigenvalue weighted by Gasteiger charge is -2.43. The number of benzene rings is 1. The van der Waals surface area contributed by atoms with E-state index in [4.69, 9.17) is 11.6 Å². The Morgan fingerprint density at radius 2 is 2.00 bits per heavy atom. The molecule has 0 saturated carbocycles. The van der Waals surface area contributed by atoms with Gasteiger partial charge in [0.25, 0.3) is 0 Å². The van der Waals surface area contributed by atoms with Gasteiger partial charge in [0.05, 0.1) is 10.6 Å². The average Bonchev–Trinajstić information content (AvgIpc) is 2.67. The number of aromatic carboxylic acids is 1. The van der Waals surface area contributed by atoms with Gasteiger partial charge in [0, 0.05) is 48.1 Å². The summed E-state index contributed by atoms with van der Waals surface area (Å²) in [6.45, 7) is 3.99. The van der Waals surface area contributed by atoms with Gasteiger partial charge in [-0.3, -0.25) is 19.5 Å². The fraction of sp³-hybridized carbons (Fsp3) is 0.304. The van der Waals surface area contributed by atoms with Gasteiger partial charge in [-0.05, 0) is 41.7 Å². The lowest BCUT2D eigenvalue weighted by Crippen LogP contribution is -2.43. The zero-order valence-electron chi connectivity index (χ0n) is 16.7. The Morgan fingerprint density at radius 1 is 1.23 bits per heavy atom. The summed E-state index contributed by atoms with van der Waals surface area (Å²) < 4.78 is 0. The van der Waals surface area contributed by atoms with Crippen LogP contribution in [0.1, 0.15) is 54.9 Å². The maximum atomic E-state index is 13.3. The van der Waals surface area contributed by atoms with E-state index < -0.39 is 5.97 Å². The van der Waals surface area contributed by atoms with E-state index in [1.54, 1.807) is 24.5 Å². The number of carbonyl (C=O) groups excluding carboxylic acids is 2. The number of Topliss-reactive ketones (excluding diaryl/α,β-unsaturated/α-hetero) is 1. The lowest BCUT2D eigenvalue weighted by molar-refractivity contribution is -0.121. The molecular formula is C23H21ClN2O4. The van der Waals surface area contributed by atoms with Crippen LogP contribution in [0.4, 0.5) is 5.69 Å². The van der Waals surface area contributed by atoms with Gasteiger partial charge in [0.15, 0.2) is 5.78 Å². The van der Waals surface area contributed by atoms with Crippen molar-refractivity contribution in [1.82, 2.24) is 4.98 Å². The Hall–Kier alpha value is -2.99. The van der Waals surface area contributed by atoms with Gasteiger partial charge in [-0.2, -0.15) is 0 Å². The Kier molecular flexibility index (Phi) is 4.98. The fourth-order valence-electron chi connectivity index (χ4n) is 4.40. The number of aromatic nitrogens is 1. The summed E-state index contributed by atoms with van der Waals surface area (Å²) in [7, 11) is 0. The molecule has 1 N–H and O–H groups in total. The first-order chi connectivity index (χ1) is 14.2. The SMILES string of the molecule is CC1(C)CC(=O)C2=C(C1)N(c1ccc(Cl)c(C(=O)O)c1)C(=O)CC2c1cccnc1. The van der Waals surface area contributed by atoms with Crippen LogP contribution in [0.15, 0.2) is 54.0 Å². The van der Waals surface area contributed by atoms with Crippen molar-refractivity contribution in [3.63, 3.8) is 0 Å². The van der Waals surface area contributed by atoms with Crippen LogP contribution in [0.5, 0.6) is 0 Å². The van der Waals surface area contributed by atoms with E-state index in [2.05, 4.69) is 4.98 Å². The number of hydrogen-bond acceptors (Lipinski definition) is 4. The Bertz CT molecular complexity index is 1090. The molecule has 7 heteroatoms. The largest absolute Gasteiger partial charge is 0.478 e. The van der Waals surface area contributed by atoms with Crippen molar-refractivity contribution in [2.45, 2.75) is 39.0 Å². The minimum atomic E-state index is -1.17.